The fraction of sp³-hybridized carbons (Fsp3) is 0. The molecule has 16 heavy (non-hydrogen) atoms. The fourth-order valence-electron chi connectivity index (χ4n) is 1.79. The van der Waals surface area contributed by atoms with Crippen molar-refractivity contribution in [1.82, 2.24) is 0 Å². The van der Waals surface area contributed by atoms with Crippen molar-refractivity contribution in [2.75, 3.05) is 0 Å². The van der Waals surface area contributed by atoms with Crippen molar-refractivity contribution in [2.45, 2.75) is 4.90 Å². The molecule has 3 heteroatoms. The third kappa shape index (κ3) is 1.44. The van der Waals surface area contributed by atoms with Crippen LogP contribution in [0.3, 0.4) is 0 Å². The highest BCUT2D eigenvalue weighted by molar-refractivity contribution is 7.80. The molecule has 0 N–H and O–H groups in total. The molecule has 2 aromatic carbocycles. The minimum absolute atomic E-state index is 0.807. The fourth-order valence-corrected chi connectivity index (χ4v) is 2.32. The maximum atomic E-state index is 5.78. The number of fused-ring (bicyclic) bond motifs is 2. The van der Waals surface area contributed by atoms with Crippen LogP contribution in [0.4, 0.5) is 0 Å². The highest BCUT2D eigenvalue weighted by Gasteiger charge is 2.03. The van der Waals surface area contributed by atoms with E-state index in [2.05, 4.69) is 12.6 Å². The second-order valence-corrected chi connectivity index (χ2v) is 4.53. The molecule has 0 amide bonds. The van der Waals surface area contributed by atoms with Gasteiger partial charge in [-0.3, -0.25) is 0 Å². The molecule has 0 saturated carbocycles. The van der Waals surface area contributed by atoms with E-state index >= 15 is 0 Å². The molecule has 78 valence electrons. The summed E-state index contributed by atoms with van der Waals surface area (Å²) in [5, 5.41) is 1.92. The predicted molar refractivity (Wildman–Crippen MR) is 71.8 cm³/mol. The Bertz CT molecular complexity index is 744. The molecule has 0 unspecified atom stereocenters. The molecule has 3 aromatic rings. The molecule has 0 saturated heterocycles. The summed E-state index contributed by atoms with van der Waals surface area (Å²) in [6.07, 6.45) is 0. The Morgan fingerprint density at radius 3 is 2.56 bits per heavy atom. The van der Waals surface area contributed by atoms with Gasteiger partial charge >= 0.3 is 0 Å². The summed E-state index contributed by atoms with van der Waals surface area (Å²) in [7, 11) is 0. The van der Waals surface area contributed by atoms with Crippen molar-refractivity contribution in [3.8, 4) is 0 Å². The Balaban J connectivity index is 2.61. The monoisotopic (exact) mass is 244 g/mol. The van der Waals surface area contributed by atoms with Crippen molar-refractivity contribution in [2.24, 2.45) is 0 Å². The minimum Gasteiger partial charge on any atom is -0.456 e. The smallest absolute Gasteiger partial charge is 0.136 e. The van der Waals surface area contributed by atoms with Gasteiger partial charge in [0.1, 0.15) is 11.2 Å². The van der Waals surface area contributed by atoms with Crippen molar-refractivity contribution in [3.05, 3.63) is 47.0 Å². The van der Waals surface area contributed by atoms with Crippen LogP contribution in [0, 0.1) is 4.51 Å². The zero-order valence-corrected chi connectivity index (χ0v) is 10.0. The second-order valence-electron chi connectivity index (χ2n) is 3.61. The van der Waals surface area contributed by atoms with Crippen LogP contribution in [0.1, 0.15) is 0 Å². The Labute approximate surface area is 103 Å². The summed E-state index contributed by atoms with van der Waals surface area (Å²) >= 11 is 9.77. The van der Waals surface area contributed by atoms with Gasteiger partial charge in [-0.1, -0.05) is 24.4 Å². The highest BCUT2D eigenvalue weighted by Crippen LogP contribution is 2.26. The number of benzene rings is 2. The minimum atomic E-state index is 0.807. The largest absolute Gasteiger partial charge is 0.456 e. The Morgan fingerprint density at radius 1 is 0.938 bits per heavy atom. The average Bonchev–Trinajstić information content (AvgIpc) is 2.31. The van der Waals surface area contributed by atoms with Gasteiger partial charge in [-0.25, -0.2) is 0 Å². The van der Waals surface area contributed by atoms with Crippen LogP contribution in [0.25, 0.3) is 21.9 Å². The lowest BCUT2D eigenvalue weighted by atomic mass is 10.1. The summed E-state index contributed by atoms with van der Waals surface area (Å²) in [4.78, 5) is 0.893. The summed E-state index contributed by atoms with van der Waals surface area (Å²) in [6, 6.07) is 13.6. The van der Waals surface area contributed by atoms with E-state index in [1.165, 1.54) is 0 Å². The quantitative estimate of drug-likeness (QED) is 0.352. The molecule has 1 heterocycles. The number of para-hydroxylation sites is 1. The molecular weight excluding hydrogens is 236 g/mol. The van der Waals surface area contributed by atoms with E-state index in [1.807, 2.05) is 42.5 Å². The van der Waals surface area contributed by atoms with Crippen LogP contribution < -0.4 is 0 Å². The molecule has 0 spiro atoms. The number of rotatable bonds is 0. The molecule has 0 aliphatic rings. The maximum absolute atomic E-state index is 5.78. The molecule has 0 bridgehead atoms. The van der Waals surface area contributed by atoms with Gasteiger partial charge in [0, 0.05) is 15.7 Å². The standard InChI is InChI=1S/C13H8OS2/c15-8-5-6-12-10(7-8)13(16)9-3-1-2-4-11(9)14-12/h1-7,15H. The van der Waals surface area contributed by atoms with Gasteiger partial charge in [0.15, 0.2) is 0 Å². The first-order chi connectivity index (χ1) is 7.75. The van der Waals surface area contributed by atoms with E-state index in [4.69, 9.17) is 16.6 Å². The topological polar surface area (TPSA) is 13.1 Å². The lowest BCUT2D eigenvalue weighted by molar-refractivity contribution is 0.660. The third-order valence-electron chi connectivity index (χ3n) is 2.56. The Kier molecular flexibility index (Phi) is 2.23. The van der Waals surface area contributed by atoms with Gasteiger partial charge in [0.2, 0.25) is 0 Å². The molecule has 0 aliphatic carbocycles. The first-order valence-corrected chi connectivity index (χ1v) is 5.76. The van der Waals surface area contributed by atoms with Crippen molar-refractivity contribution in [1.29, 1.82) is 0 Å². The first-order valence-electron chi connectivity index (χ1n) is 4.90. The van der Waals surface area contributed by atoms with Crippen molar-refractivity contribution < 1.29 is 4.42 Å². The highest BCUT2D eigenvalue weighted by atomic mass is 32.1. The van der Waals surface area contributed by atoms with E-state index < -0.39 is 0 Å². The van der Waals surface area contributed by atoms with Gasteiger partial charge in [-0.15, -0.1) is 12.6 Å². The van der Waals surface area contributed by atoms with E-state index in [9.17, 15) is 0 Å². The van der Waals surface area contributed by atoms with Gasteiger partial charge in [-0.2, -0.15) is 0 Å². The van der Waals surface area contributed by atoms with E-state index in [0.29, 0.717) is 0 Å². The van der Waals surface area contributed by atoms with Crippen molar-refractivity contribution in [3.63, 3.8) is 0 Å². The van der Waals surface area contributed by atoms with E-state index in [-0.39, 0.29) is 0 Å². The first kappa shape index (κ1) is 9.87. The summed E-state index contributed by atoms with van der Waals surface area (Å²) in [6.45, 7) is 0. The number of hydrogen-bond donors (Lipinski definition) is 1. The summed E-state index contributed by atoms with van der Waals surface area (Å²) in [5.41, 5.74) is 1.63. The van der Waals surface area contributed by atoms with E-state index in [1.54, 1.807) is 0 Å². The van der Waals surface area contributed by atoms with Gasteiger partial charge in [-0.05, 0) is 30.3 Å². The molecule has 0 fully saturated rings. The summed E-state index contributed by atoms with van der Waals surface area (Å²) < 4.78 is 6.61. The second kappa shape index (κ2) is 3.61. The molecule has 0 aliphatic heterocycles. The number of thiol groups is 1. The van der Waals surface area contributed by atoms with Gasteiger partial charge < -0.3 is 4.42 Å². The molecule has 1 nitrogen and oxygen atoms in total. The average molecular weight is 244 g/mol. The lowest BCUT2D eigenvalue weighted by Gasteiger charge is -2.02. The zero-order valence-electron chi connectivity index (χ0n) is 8.31. The third-order valence-corrected chi connectivity index (χ3v) is 3.28. The Hall–Kier alpha value is -1.32. The van der Waals surface area contributed by atoms with E-state index in [0.717, 1.165) is 31.3 Å². The molecule has 0 atom stereocenters. The SMILES string of the molecule is S=c1c2ccccc2oc2ccc(S)cc12. The predicted octanol–water partition coefficient (Wildman–Crippen LogP) is 4.60. The summed E-state index contributed by atoms with van der Waals surface area (Å²) in [5.74, 6) is 0. The maximum Gasteiger partial charge on any atom is 0.136 e. The van der Waals surface area contributed by atoms with Crippen LogP contribution in [-0.2, 0) is 0 Å². The molecule has 3 rings (SSSR count). The van der Waals surface area contributed by atoms with Crippen LogP contribution in [0.15, 0.2) is 51.8 Å². The van der Waals surface area contributed by atoms with Crippen molar-refractivity contribution >= 4 is 46.8 Å². The van der Waals surface area contributed by atoms with Crippen LogP contribution in [-0.4, -0.2) is 0 Å². The van der Waals surface area contributed by atoms with Gasteiger partial charge in [0.25, 0.3) is 0 Å². The number of hydrogen-bond acceptors (Lipinski definition) is 3. The Morgan fingerprint density at radius 2 is 1.69 bits per heavy atom. The molecule has 0 radical (unpaired) electrons. The van der Waals surface area contributed by atoms with Crippen LogP contribution >= 0.6 is 24.8 Å². The zero-order chi connectivity index (χ0) is 11.1. The van der Waals surface area contributed by atoms with Crippen LogP contribution in [0.2, 0.25) is 0 Å². The molecule has 1 aromatic heterocycles. The van der Waals surface area contributed by atoms with Gasteiger partial charge in [0.05, 0.1) is 4.51 Å². The molecular formula is C13H8OS2. The normalized spacial score (nSPS) is 11.1. The lowest BCUT2D eigenvalue weighted by Crippen LogP contribution is -1.79. The van der Waals surface area contributed by atoms with Crippen LogP contribution in [0.5, 0.6) is 0 Å².